The lowest BCUT2D eigenvalue weighted by Crippen LogP contribution is -2.36. The summed E-state index contributed by atoms with van der Waals surface area (Å²) in [6.45, 7) is 9.65. The van der Waals surface area contributed by atoms with Crippen LogP contribution in [0.15, 0.2) is 10.5 Å². The number of hydrogen-bond donors (Lipinski definition) is 1. The molecule has 1 heterocycles. The molecule has 0 aliphatic carbocycles. The number of carbonyl (C=O) groups is 2. The summed E-state index contributed by atoms with van der Waals surface area (Å²) in [6.07, 6.45) is 5.66. The molecule has 0 saturated heterocycles. The molecule has 0 aromatic carbocycles. The molecule has 5 heteroatoms. The van der Waals surface area contributed by atoms with Crippen molar-refractivity contribution in [1.82, 2.24) is 10.2 Å². The average molecular weight is 336 g/mol. The van der Waals surface area contributed by atoms with Crippen LogP contribution in [0.4, 0.5) is 0 Å². The zero-order chi connectivity index (χ0) is 17.9. The maximum Gasteiger partial charge on any atom is 0.257 e. The van der Waals surface area contributed by atoms with Gasteiger partial charge in [0.15, 0.2) is 0 Å². The SMILES string of the molecule is CCCCCCN(CCC(=O)NCCC)C(=O)c1cc(C)oc1C. The Hall–Kier alpha value is -1.78. The molecule has 24 heavy (non-hydrogen) atoms. The maximum absolute atomic E-state index is 12.8. The number of furan rings is 1. The van der Waals surface area contributed by atoms with Gasteiger partial charge in [-0.05, 0) is 32.8 Å². The average Bonchev–Trinajstić information content (AvgIpc) is 2.90. The summed E-state index contributed by atoms with van der Waals surface area (Å²) in [5, 5.41) is 2.86. The van der Waals surface area contributed by atoms with Crippen molar-refractivity contribution in [3.63, 3.8) is 0 Å². The largest absolute Gasteiger partial charge is 0.466 e. The summed E-state index contributed by atoms with van der Waals surface area (Å²) in [6, 6.07) is 1.79. The fourth-order valence-corrected chi connectivity index (χ4v) is 2.65. The molecular formula is C19H32N2O3. The van der Waals surface area contributed by atoms with E-state index in [2.05, 4.69) is 12.2 Å². The van der Waals surface area contributed by atoms with Gasteiger partial charge in [-0.3, -0.25) is 9.59 Å². The van der Waals surface area contributed by atoms with Gasteiger partial charge in [0.05, 0.1) is 5.56 Å². The molecule has 0 fully saturated rings. The van der Waals surface area contributed by atoms with Crippen molar-refractivity contribution in [2.45, 2.75) is 66.2 Å². The third-order valence-corrected chi connectivity index (χ3v) is 4.02. The van der Waals surface area contributed by atoms with Crippen molar-refractivity contribution in [3.05, 3.63) is 23.2 Å². The van der Waals surface area contributed by atoms with E-state index in [1.807, 2.05) is 20.8 Å². The quantitative estimate of drug-likeness (QED) is 0.625. The Morgan fingerprint density at radius 2 is 1.83 bits per heavy atom. The van der Waals surface area contributed by atoms with Gasteiger partial charge in [-0.2, -0.15) is 0 Å². The molecule has 0 aliphatic heterocycles. The van der Waals surface area contributed by atoms with Crippen LogP contribution in [-0.2, 0) is 4.79 Å². The van der Waals surface area contributed by atoms with Crippen molar-refractivity contribution < 1.29 is 14.0 Å². The first-order valence-corrected chi connectivity index (χ1v) is 9.12. The molecule has 0 saturated carbocycles. The highest BCUT2D eigenvalue weighted by molar-refractivity contribution is 5.95. The maximum atomic E-state index is 12.8. The Morgan fingerprint density at radius 3 is 2.42 bits per heavy atom. The summed E-state index contributed by atoms with van der Waals surface area (Å²) in [5.41, 5.74) is 0.608. The van der Waals surface area contributed by atoms with Gasteiger partial charge in [-0.1, -0.05) is 33.1 Å². The van der Waals surface area contributed by atoms with Crippen molar-refractivity contribution in [3.8, 4) is 0 Å². The van der Waals surface area contributed by atoms with E-state index in [4.69, 9.17) is 4.42 Å². The van der Waals surface area contributed by atoms with Crippen molar-refractivity contribution in [2.24, 2.45) is 0 Å². The molecule has 0 bridgehead atoms. The predicted molar refractivity (Wildman–Crippen MR) is 96.1 cm³/mol. The molecule has 0 radical (unpaired) electrons. The molecule has 1 rings (SSSR count). The van der Waals surface area contributed by atoms with Gasteiger partial charge in [-0.25, -0.2) is 0 Å². The Bertz CT molecular complexity index is 523. The lowest BCUT2D eigenvalue weighted by molar-refractivity contribution is -0.121. The van der Waals surface area contributed by atoms with Crippen LogP contribution in [-0.4, -0.2) is 36.3 Å². The van der Waals surface area contributed by atoms with E-state index in [9.17, 15) is 9.59 Å². The summed E-state index contributed by atoms with van der Waals surface area (Å²) in [7, 11) is 0. The number of aryl methyl sites for hydroxylation is 2. The van der Waals surface area contributed by atoms with E-state index in [0.29, 0.717) is 37.4 Å². The zero-order valence-corrected chi connectivity index (χ0v) is 15.6. The lowest BCUT2D eigenvalue weighted by Gasteiger charge is -2.22. The third-order valence-electron chi connectivity index (χ3n) is 4.02. The number of rotatable bonds is 11. The van der Waals surface area contributed by atoms with Gasteiger partial charge in [-0.15, -0.1) is 0 Å². The first-order valence-electron chi connectivity index (χ1n) is 9.12. The molecule has 136 valence electrons. The molecule has 1 aromatic rings. The van der Waals surface area contributed by atoms with Gasteiger partial charge >= 0.3 is 0 Å². The van der Waals surface area contributed by atoms with Crippen LogP contribution in [0.2, 0.25) is 0 Å². The number of nitrogens with one attached hydrogen (secondary N) is 1. The summed E-state index contributed by atoms with van der Waals surface area (Å²) >= 11 is 0. The molecule has 0 atom stereocenters. The second-order valence-electron chi connectivity index (χ2n) is 6.28. The number of nitrogens with zero attached hydrogens (tertiary/aromatic N) is 1. The first kappa shape index (κ1) is 20.3. The normalized spacial score (nSPS) is 10.7. The van der Waals surface area contributed by atoms with Crippen LogP contribution in [0.3, 0.4) is 0 Å². The second-order valence-corrected chi connectivity index (χ2v) is 6.28. The van der Waals surface area contributed by atoms with E-state index in [-0.39, 0.29) is 11.8 Å². The van der Waals surface area contributed by atoms with Crippen LogP contribution in [0.25, 0.3) is 0 Å². The number of hydrogen-bond acceptors (Lipinski definition) is 3. The van der Waals surface area contributed by atoms with Crippen molar-refractivity contribution in [1.29, 1.82) is 0 Å². The van der Waals surface area contributed by atoms with Crippen molar-refractivity contribution >= 4 is 11.8 Å². The van der Waals surface area contributed by atoms with Crippen molar-refractivity contribution in [2.75, 3.05) is 19.6 Å². The minimum Gasteiger partial charge on any atom is -0.466 e. The summed E-state index contributed by atoms with van der Waals surface area (Å²) in [5.74, 6) is 1.35. The van der Waals surface area contributed by atoms with E-state index in [1.54, 1.807) is 11.0 Å². The van der Waals surface area contributed by atoms with Gasteiger partial charge in [0.2, 0.25) is 5.91 Å². The highest BCUT2D eigenvalue weighted by Crippen LogP contribution is 2.17. The Labute approximate surface area is 145 Å². The minimum absolute atomic E-state index is 0.00306. The highest BCUT2D eigenvalue weighted by Gasteiger charge is 2.20. The van der Waals surface area contributed by atoms with E-state index >= 15 is 0 Å². The Morgan fingerprint density at radius 1 is 1.08 bits per heavy atom. The van der Waals surface area contributed by atoms with Gasteiger partial charge < -0.3 is 14.6 Å². The Kier molecular flexibility index (Phi) is 9.20. The van der Waals surface area contributed by atoms with E-state index in [1.165, 1.54) is 6.42 Å². The number of carbonyl (C=O) groups excluding carboxylic acids is 2. The molecule has 0 unspecified atom stereocenters. The van der Waals surface area contributed by atoms with Crippen LogP contribution >= 0.6 is 0 Å². The molecular weight excluding hydrogens is 304 g/mol. The minimum atomic E-state index is -0.0378. The molecule has 2 amide bonds. The fraction of sp³-hybridized carbons (Fsp3) is 0.684. The topological polar surface area (TPSA) is 62.6 Å². The number of amides is 2. The van der Waals surface area contributed by atoms with Gasteiger partial charge in [0.25, 0.3) is 5.91 Å². The fourth-order valence-electron chi connectivity index (χ4n) is 2.65. The van der Waals surface area contributed by atoms with E-state index in [0.717, 1.165) is 31.4 Å². The van der Waals surface area contributed by atoms with Gasteiger partial charge in [0.1, 0.15) is 11.5 Å². The van der Waals surface area contributed by atoms with Crippen LogP contribution < -0.4 is 5.32 Å². The smallest absolute Gasteiger partial charge is 0.257 e. The highest BCUT2D eigenvalue weighted by atomic mass is 16.3. The standard InChI is InChI=1S/C19H32N2O3/c1-5-7-8-9-12-21(13-10-18(22)20-11-6-2)19(23)17-14-15(3)24-16(17)4/h14H,5-13H2,1-4H3,(H,20,22). The first-order chi connectivity index (χ1) is 11.5. The van der Waals surface area contributed by atoms with Gasteiger partial charge in [0, 0.05) is 26.1 Å². The summed E-state index contributed by atoms with van der Waals surface area (Å²) < 4.78 is 5.48. The molecule has 0 spiro atoms. The second kappa shape index (κ2) is 10.9. The predicted octanol–water partition coefficient (Wildman–Crippen LogP) is 3.84. The Balaban J connectivity index is 2.67. The van der Waals surface area contributed by atoms with Crippen LogP contribution in [0.1, 0.15) is 74.3 Å². The zero-order valence-electron chi connectivity index (χ0n) is 15.6. The molecule has 1 N–H and O–H groups in total. The molecule has 5 nitrogen and oxygen atoms in total. The number of unbranched alkanes of at least 4 members (excludes halogenated alkanes) is 3. The van der Waals surface area contributed by atoms with Crippen LogP contribution in [0.5, 0.6) is 0 Å². The van der Waals surface area contributed by atoms with Crippen LogP contribution in [0, 0.1) is 13.8 Å². The van der Waals surface area contributed by atoms with E-state index < -0.39 is 0 Å². The molecule has 0 aliphatic rings. The summed E-state index contributed by atoms with van der Waals surface area (Å²) in [4.78, 5) is 26.4. The third kappa shape index (κ3) is 6.77. The monoisotopic (exact) mass is 336 g/mol. The molecule has 1 aromatic heterocycles. The lowest BCUT2D eigenvalue weighted by atomic mass is 10.1.